The summed E-state index contributed by atoms with van der Waals surface area (Å²) in [5, 5.41) is 18.0. The molecule has 16 heavy (non-hydrogen) atoms. The van der Waals surface area contributed by atoms with E-state index in [0.717, 1.165) is 6.07 Å². The number of aromatic hydroxyl groups is 1. The molecule has 4 nitrogen and oxygen atoms in total. The number of carboxylic acids is 1. The largest absolute Gasteiger partial charge is 0.506 e. The molecule has 0 saturated carbocycles. The highest BCUT2D eigenvalue weighted by molar-refractivity contribution is 9.10. The van der Waals surface area contributed by atoms with Gasteiger partial charge >= 0.3 is 5.97 Å². The van der Waals surface area contributed by atoms with Gasteiger partial charge in [-0.1, -0.05) is 0 Å². The molecule has 0 radical (unpaired) electrons. The molecule has 0 aromatic heterocycles. The quantitative estimate of drug-likeness (QED) is 0.736. The monoisotopic (exact) mass is 295 g/mol. The van der Waals surface area contributed by atoms with Gasteiger partial charge in [-0.2, -0.15) is 0 Å². The van der Waals surface area contributed by atoms with Crippen LogP contribution in [0, 0.1) is 11.6 Å². The van der Waals surface area contributed by atoms with E-state index < -0.39 is 41.4 Å². The van der Waals surface area contributed by atoms with Crippen LogP contribution in [0.5, 0.6) is 5.75 Å². The van der Waals surface area contributed by atoms with Crippen molar-refractivity contribution in [1.29, 1.82) is 0 Å². The molecule has 0 aliphatic heterocycles. The molecule has 0 fully saturated rings. The molecule has 1 unspecified atom stereocenters. The molecule has 0 amide bonds. The molecule has 1 rings (SSSR count). The summed E-state index contributed by atoms with van der Waals surface area (Å²) in [5.41, 5.74) is 4.71. The molecule has 1 atom stereocenters. The first-order valence-corrected chi connectivity index (χ1v) is 4.97. The molecule has 7 heteroatoms. The Morgan fingerprint density at radius 2 is 2.12 bits per heavy atom. The molecule has 0 aliphatic rings. The summed E-state index contributed by atoms with van der Waals surface area (Å²) in [5.74, 6) is -4.38. The molecule has 4 N–H and O–H groups in total. The molecule has 0 spiro atoms. The second kappa shape index (κ2) is 4.75. The van der Waals surface area contributed by atoms with Gasteiger partial charge in [-0.3, -0.25) is 4.79 Å². The van der Waals surface area contributed by atoms with Gasteiger partial charge in [-0.05, 0) is 22.0 Å². The third kappa shape index (κ3) is 2.48. The maximum atomic E-state index is 13.3. The lowest BCUT2D eigenvalue weighted by Crippen LogP contribution is -2.32. The van der Waals surface area contributed by atoms with E-state index in [1.807, 2.05) is 0 Å². The van der Waals surface area contributed by atoms with Crippen molar-refractivity contribution < 1.29 is 23.8 Å². The second-order valence-electron chi connectivity index (χ2n) is 3.13. The van der Waals surface area contributed by atoms with E-state index in [9.17, 15) is 18.7 Å². The summed E-state index contributed by atoms with van der Waals surface area (Å²) in [4.78, 5) is 10.5. The highest BCUT2D eigenvalue weighted by atomic mass is 79.9. The average molecular weight is 296 g/mol. The first-order chi connectivity index (χ1) is 7.34. The predicted octanol–water partition coefficient (Wildman–Crippen LogP) is 1.39. The van der Waals surface area contributed by atoms with Gasteiger partial charge < -0.3 is 15.9 Å². The van der Waals surface area contributed by atoms with Gasteiger partial charge in [0, 0.05) is 12.0 Å². The summed E-state index contributed by atoms with van der Waals surface area (Å²) in [7, 11) is 0. The van der Waals surface area contributed by atoms with Crippen molar-refractivity contribution in [2.45, 2.75) is 12.5 Å². The van der Waals surface area contributed by atoms with Gasteiger partial charge in [0.1, 0.15) is 11.8 Å². The van der Waals surface area contributed by atoms with E-state index in [1.165, 1.54) is 0 Å². The van der Waals surface area contributed by atoms with Crippen LogP contribution >= 0.6 is 15.9 Å². The molecule has 1 aromatic carbocycles. The molecule has 88 valence electrons. The normalized spacial score (nSPS) is 12.5. The van der Waals surface area contributed by atoms with Crippen molar-refractivity contribution in [3.8, 4) is 5.75 Å². The molecule has 0 bridgehead atoms. The van der Waals surface area contributed by atoms with Crippen LogP contribution < -0.4 is 5.73 Å². The van der Waals surface area contributed by atoms with E-state index >= 15 is 0 Å². The lowest BCUT2D eigenvalue weighted by Gasteiger charge is -2.11. The molecule has 0 aliphatic carbocycles. The second-order valence-corrected chi connectivity index (χ2v) is 3.98. The van der Waals surface area contributed by atoms with Crippen LogP contribution in [0.25, 0.3) is 0 Å². The minimum Gasteiger partial charge on any atom is -0.506 e. The maximum Gasteiger partial charge on any atom is 0.320 e. The Labute approximate surface area is 97.8 Å². The van der Waals surface area contributed by atoms with E-state index in [2.05, 4.69) is 15.9 Å². The van der Waals surface area contributed by atoms with Crippen molar-refractivity contribution in [3.63, 3.8) is 0 Å². The summed E-state index contributed by atoms with van der Waals surface area (Å²) >= 11 is 2.81. The fraction of sp³-hybridized carbons (Fsp3) is 0.222. The Morgan fingerprint density at radius 3 is 2.62 bits per heavy atom. The number of aliphatic carboxylic acids is 1. The van der Waals surface area contributed by atoms with Gasteiger partial charge in [0.05, 0.1) is 4.47 Å². The van der Waals surface area contributed by atoms with Crippen LogP contribution in [0.3, 0.4) is 0 Å². The van der Waals surface area contributed by atoms with E-state index in [4.69, 9.17) is 10.8 Å². The summed E-state index contributed by atoms with van der Waals surface area (Å²) in [6.07, 6.45) is -0.497. The highest BCUT2D eigenvalue weighted by Gasteiger charge is 2.22. The number of hydrogen-bond acceptors (Lipinski definition) is 3. The lowest BCUT2D eigenvalue weighted by atomic mass is 10.0. The minimum atomic E-state index is -1.41. The van der Waals surface area contributed by atoms with Crippen molar-refractivity contribution in [2.75, 3.05) is 0 Å². The Balaban J connectivity index is 3.17. The van der Waals surface area contributed by atoms with Crippen LogP contribution in [0.2, 0.25) is 0 Å². The van der Waals surface area contributed by atoms with E-state index in [1.54, 1.807) is 0 Å². The number of nitrogens with two attached hydrogens (primary N) is 1. The van der Waals surface area contributed by atoms with E-state index in [0.29, 0.717) is 0 Å². The first kappa shape index (κ1) is 12.9. The van der Waals surface area contributed by atoms with Crippen molar-refractivity contribution in [2.24, 2.45) is 5.73 Å². The zero-order valence-corrected chi connectivity index (χ0v) is 9.46. The maximum absolute atomic E-state index is 13.3. The van der Waals surface area contributed by atoms with Gasteiger partial charge in [0.25, 0.3) is 0 Å². The summed E-state index contributed by atoms with van der Waals surface area (Å²) < 4.78 is 26.2. The van der Waals surface area contributed by atoms with Gasteiger partial charge in [-0.25, -0.2) is 8.78 Å². The van der Waals surface area contributed by atoms with Crippen LogP contribution in [-0.2, 0) is 11.2 Å². The number of phenols is 1. The zero-order chi connectivity index (χ0) is 12.5. The summed E-state index contributed by atoms with van der Waals surface area (Å²) in [6.45, 7) is 0. The average Bonchev–Trinajstić information content (AvgIpc) is 2.21. The predicted molar refractivity (Wildman–Crippen MR) is 55.0 cm³/mol. The number of phenolic OH excluding ortho intramolecular Hbond substituents is 1. The fourth-order valence-corrected chi connectivity index (χ4v) is 1.57. The number of carboxylic acid groups (broad SMARTS) is 1. The smallest absolute Gasteiger partial charge is 0.320 e. The van der Waals surface area contributed by atoms with Crippen molar-refractivity contribution >= 4 is 21.9 Å². The Hall–Kier alpha value is -1.21. The first-order valence-electron chi connectivity index (χ1n) is 4.18. The van der Waals surface area contributed by atoms with Crippen molar-refractivity contribution in [3.05, 3.63) is 27.7 Å². The Bertz CT molecular complexity index is 413. The van der Waals surface area contributed by atoms with Crippen molar-refractivity contribution in [1.82, 2.24) is 0 Å². The van der Waals surface area contributed by atoms with Crippen LogP contribution in [0.15, 0.2) is 10.5 Å². The number of halogens is 3. The SMILES string of the molecule is NC(Cc1c(O)c(Br)cc(F)c1F)C(=O)O. The van der Waals surface area contributed by atoms with Gasteiger partial charge in [0.15, 0.2) is 11.6 Å². The standard InChI is InChI=1S/C9H8BrF2NO3/c10-4-2-5(11)7(12)3(8(4)14)1-6(13)9(15)16/h2,6,14H,1,13H2,(H,15,16). The number of rotatable bonds is 3. The molecule has 1 aromatic rings. The van der Waals surface area contributed by atoms with Gasteiger partial charge in [0.2, 0.25) is 0 Å². The summed E-state index contributed by atoms with van der Waals surface area (Å²) in [6, 6.07) is -0.658. The Morgan fingerprint density at radius 1 is 1.56 bits per heavy atom. The molecule has 0 saturated heterocycles. The van der Waals surface area contributed by atoms with Crippen LogP contribution in [0.4, 0.5) is 8.78 Å². The highest BCUT2D eigenvalue weighted by Crippen LogP contribution is 2.32. The zero-order valence-electron chi connectivity index (χ0n) is 7.88. The van der Waals surface area contributed by atoms with Crippen LogP contribution in [-0.4, -0.2) is 22.2 Å². The van der Waals surface area contributed by atoms with Crippen LogP contribution in [0.1, 0.15) is 5.56 Å². The van der Waals surface area contributed by atoms with Gasteiger partial charge in [-0.15, -0.1) is 0 Å². The number of carbonyl (C=O) groups is 1. The Kier molecular flexibility index (Phi) is 3.82. The van der Waals surface area contributed by atoms with E-state index in [-0.39, 0.29) is 4.47 Å². The molecular weight excluding hydrogens is 288 g/mol. The minimum absolute atomic E-state index is 0.0565. The molecule has 0 heterocycles. The fourth-order valence-electron chi connectivity index (χ4n) is 1.13. The third-order valence-corrected chi connectivity index (χ3v) is 2.59. The lowest BCUT2D eigenvalue weighted by molar-refractivity contribution is -0.138. The molecular formula is C9H8BrF2NO3. The number of hydrogen-bond donors (Lipinski definition) is 3. The third-order valence-electron chi connectivity index (χ3n) is 1.98. The topological polar surface area (TPSA) is 83.5 Å². The number of benzene rings is 1.